The summed E-state index contributed by atoms with van der Waals surface area (Å²) in [6, 6.07) is 20.6. The Bertz CT molecular complexity index is 886. The number of benzene rings is 3. The van der Waals surface area contributed by atoms with Gasteiger partial charge in [-0.15, -0.1) is 0 Å². The predicted octanol–water partition coefficient (Wildman–Crippen LogP) is 4.21. The molecule has 28 heavy (non-hydrogen) atoms. The quantitative estimate of drug-likeness (QED) is 0.676. The first-order valence-corrected chi connectivity index (χ1v) is 8.60. The van der Waals surface area contributed by atoms with Gasteiger partial charge in [-0.1, -0.05) is 12.1 Å². The smallest absolute Gasteiger partial charge is 0.255 e. The van der Waals surface area contributed by atoms with E-state index in [1.165, 1.54) is 0 Å². The van der Waals surface area contributed by atoms with Crippen molar-refractivity contribution in [2.75, 3.05) is 24.9 Å². The van der Waals surface area contributed by atoms with Crippen LogP contribution in [0.5, 0.6) is 11.5 Å². The molecule has 2 amide bonds. The number of methoxy groups -OCH3 is 2. The van der Waals surface area contributed by atoms with E-state index in [4.69, 9.17) is 9.47 Å². The summed E-state index contributed by atoms with van der Waals surface area (Å²) in [6.45, 7) is 0. The van der Waals surface area contributed by atoms with Gasteiger partial charge >= 0.3 is 0 Å². The van der Waals surface area contributed by atoms with Gasteiger partial charge in [0, 0.05) is 11.1 Å². The molecule has 0 unspecified atom stereocenters. The van der Waals surface area contributed by atoms with Crippen LogP contribution in [0.1, 0.15) is 20.7 Å². The average Bonchev–Trinajstić information content (AvgIpc) is 2.75. The first-order valence-electron chi connectivity index (χ1n) is 8.60. The van der Waals surface area contributed by atoms with Gasteiger partial charge in [-0.25, -0.2) is 0 Å². The maximum absolute atomic E-state index is 12.5. The molecule has 0 aliphatic heterocycles. The number of para-hydroxylation sites is 2. The lowest BCUT2D eigenvalue weighted by molar-refractivity contribution is 0.101. The highest BCUT2D eigenvalue weighted by Gasteiger charge is 2.12. The molecule has 0 saturated heterocycles. The van der Waals surface area contributed by atoms with Crippen LogP contribution in [0.3, 0.4) is 0 Å². The minimum Gasteiger partial charge on any atom is -0.497 e. The lowest BCUT2D eigenvalue weighted by Crippen LogP contribution is -2.16. The number of rotatable bonds is 6. The lowest BCUT2D eigenvalue weighted by Gasteiger charge is -2.13. The number of anilines is 2. The molecule has 0 radical (unpaired) electrons. The van der Waals surface area contributed by atoms with Gasteiger partial charge in [-0.2, -0.15) is 0 Å². The van der Waals surface area contributed by atoms with Crippen LogP contribution in [0.2, 0.25) is 0 Å². The van der Waals surface area contributed by atoms with Crippen LogP contribution < -0.4 is 20.1 Å². The number of hydrogen-bond donors (Lipinski definition) is 2. The molecule has 0 spiro atoms. The maximum Gasteiger partial charge on any atom is 0.255 e. The van der Waals surface area contributed by atoms with Crippen LogP contribution in [-0.4, -0.2) is 26.0 Å². The van der Waals surface area contributed by atoms with Gasteiger partial charge < -0.3 is 20.1 Å². The largest absolute Gasteiger partial charge is 0.497 e. The average molecular weight is 376 g/mol. The molecule has 0 atom stereocenters. The Balaban J connectivity index is 1.74. The molecule has 3 rings (SSSR count). The van der Waals surface area contributed by atoms with Crippen molar-refractivity contribution in [3.63, 3.8) is 0 Å². The van der Waals surface area contributed by atoms with Gasteiger partial charge in [0.25, 0.3) is 11.8 Å². The number of amides is 2. The highest BCUT2D eigenvalue weighted by molar-refractivity contribution is 6.10. The molecule has 2 N–H and O–H groups in total. The summed E-state index contributed by atoms with van der Waals surface area (Å²) in [4.78, 5) is 25.0. The monoisotopic (exact) mass is 376 g/mol. The summed E-state index contributed by atoms with van der Waals surface area (Å²) < 4.78 is 10.2. The Morgan fingerprint density at radius 3 is 1.29 bits per heavy atom. The first kappa shape index (κ1) is 19.0. The Morgan fingerprint density at radius 2 is 0.964 bits per heavy atom. The third kappa shape index (κ3) is 4.48. The molecule has 0 fully saturated rings. The molecular formula is C22H20N2O4. The molecule has 3 aromatic carbocycles. The van der Waals surface area contributed by atoms with Gasteiger partial charge in [0.05, 0.1) is 25.6 Å². The van der Waals surface area contributed by atoms with Gasteiger partial charge in [0.2, 0.25) is 0 Å². The molecule has 0 saturated carbocycles. The van der Waals surface area contributed by atoms with Crippen LogP contribution in [0.4, 0.5) is 11.4 Å². The van der Waals surface area contributed by atoms with Crippen molar-refractivity contribution in [3.05, 3.63) is 83.9 Å². The Morgan fingerprint density at radius 1 is 0.607 bits per heavy atom. The topological polar surface area (TPSA) is 76.7 Å². The fraction of sp³-hybridized carbons (Fsp3) is 0.0909. The van der Waals surface area contributed by atoms with E-state index in [0.29, 0.717) is 34.0 Å². The Hall–Kier alpha value is -3.80. The fourth-order valence-corrected chi connectivity index (χ4v) is 2.57. The normalized spacial score (nSPS) is 10.1. The first-order chi connectivity index (χ1) is 13.6. The standard InChI is InChI=1S/C22H20N2O4/c1-27-17-11-7-15(8-12-17)21(25)23-19-5-3-4-6-20(19)24-22(26)16-9-13-18(28-2)14-10-16/h3-14H,1-2H3,(H,23,25)(H,24,26). The highest BCUT2D eigenvalue weighted by atomic mass is 16.5. The van der Waals surface area contributed by atoms with E-state index in [9.17, 15) is 9.59 Å². The molecule has 0 aromatic heterocycles. The van der Waals surface area contributed by atoms with E-state index in [1.807, 2.05) is 0 Å². The molecule has 3 aromatic rings. The van der Waals surface area contributed by atoms with Gasteiger partial charge in [-0.3, -0.25) is 9.59 Å². The van der Waals surface area contributed by atoms with E-state index in [-0.39, 0.29) is 11.8 Å². The molecule has 0 aliphatic carbocycles. The summed E-state index contributed by atoms with van der Waals surface area (Å²) in [7, 11) is 3.13. The van der Waals surface area contributed by atoms with E-state index in [2.05, 4.69) is 10.6 Å². The second kappa shape index (κ2) is 8.73. The summed E-state index contributed by atoms with van der Waals surface area (Å²) in [5.74, 6) is 0.773. The Kier molecular flexibility index (Phi) is 5.91. The van der Waals surface area contributed by atoms with Gasteiger partial charge in [0.1, 0.15) is 11.5 Å². The van der Waals surface area contributed by atoms with E-state index >= 15 is 0 Å². The van der Waals surface area contributed by atoms with Crippen molar-refractivity contribution in [2.24, 2.45) is 0 Å². The third-order valence-corrected chi connectivity index (χ3v) is 4.13. The number of carbonyl (C=O) groups is 2. The highest BCUT2D eigenvalue weighted by Crippen LogP contribution is 2.23. The number of nitrogens with one attached hydrogen (secondary N) is 2. The molecule has 0 aliphatic rings. The van der Waals surface area contributed by atoms with Crippen LogP contribution in [-0.2, 0) is 0 Å². The zero-order valence-electron chi connectivity index (χ0n) is 15.6. The summed E-state index contributed by atoms with van der Waals surface area (Å²) >= 11 is 0. The fourth-order valence-electron chi connectivity index (χ4n) is 2.57. The summed E-state index contributed by atoms with van der Waals surface area (Å²) in [6.07, 6.45) is 0. The van der Waals surface area contributed by atoms with E-state index in [0.717, 1.165) is 0 Å². The van der Waals surface area contributed by atoms with Crippen LogP contribution in [0, 0.1) is 0 Å². The number of carbonyl (C=O) groups excluding carboxylic acids is 2. The van der Waals surface area contributed by atoms with Gasteiger partial charge in [-0.05, 0) is 60.7 Å². The molecule has 142 valence electrons. The number of hydrogen-bond acceptors (Lipinski definition) is 4. The zero-order valence-corrected chi connectivity index (χ0v) is 15.6. The van der Waals surface area contributed by atoms with Crippen molar-refractivity contribution < 1.29 is 19.1 Å². The predicted molar refractivity (Wildman–Crippen MR) is 108 cm³/mol. The van der Waals surface area contributed by atoms with Gasteiger partial charge in [0.15, 0.2) is 0 Å². The minimum absolute atomic E-state index is 0.284. The van der Waals surface area contributed by atoms with Crippen molar-refractivity contribution in [2.45, 2.75) is 0 Å². The molecular weight excluding hydrogens is 356 g/mol. The van der Waals surface area contributed by atoms with E-state index < -0.39 is 0 Å². The lowest BCUT2D eigenvalue weighted by atomic mass is 10.1. The van der Waals surface area contributed by atoms with Crippen LogP contribution >= 0.6 is 0 Å². The number of ether oxygens (including phenoxy) is 2. The second-order valence-corrected chi connectivity index (χ2v) is 5.91. The van der Waals surface area contributed by atoms with E-state index in [1.54, 1.807) is 87.0 Å². The third-order valence-electron chi connectivity index (χ3n) is 4.13. The van der Waals surface area contributed by atoms with Crippen molar-refractivity contribution in [1.29, 1.82) is 0 Å². The Labute approximate surface area is 163 Å². The molecule has 6 heteroatoms. The minimum atomic E-state index is -0.284. The van der Waals surface area contributed by atoms with Crippen molar-refractivity contribution in [1.82, 2.24) is 0 Å². The SMILES string of the molecule is COc1ccc(C(=O)Nc2ccccc2NC(=O)c2ccc(OC)cc2)cc1. The summed E-state index contributed by atoms with van der Waals surface area (Å²) in [5, 5.41) is 5.65. The van der Waals surface area contributed by atoms with Crippen molar-refractivity contribution >= 4 is 23.2 Å². The van der Waals surface area contributed by atoms with Crippen molar-refractivity contribution in [3.8, 4) is 11.5 Å². The maximum atomic E-state index is 12.5. The molecule has 0 heterocycles. The molecule has 0 bridgehead atoms. The summed E-state index contributed by atoms with van der Waals surface area (Å²) in [5.41, 5.74) is 1.98. The second-order valence-electron chi connectivity index (χ2n) is 5.91. The van der Waals surface area contributed by atoms with Crippen LogP contribution in [0.25, 0.3) is 0 Å². The zero-order chi connectivity index (χ0) is 19.9. The molecule has 6 nitrogen and oxygen atoms in total. The van der Waals surface area contributed by atoms with Crippen LogP contribution in [0.15, 0.2) is 72.8 Å².